The van der Waals surface area contributed by atoms with E-state index in [1.54, 1.807) is 18.2 Å². The predicted molar refractivity (Wildman–Crippen MR) is 91.7 cm³/mol. The largest absolute Gasteiger partial charge is 0.446 e. The van der Waals surface area contributed by atoms with Gasteiger partial charge in [-0.15, -0.1) is 0 Å². The van der Waals surface area contributed by atoms with E-state index in [0.717, 1.165) is 0 Å². The molecule has 25 heavy (non-hydrogen) atoms. The molecule has 0 saturated heterocycles. The first-order valence-electron chi connectivity index (χ1n) is 7.30. The average Bonchev–Trinajstić information content (AvgIpc) is 2.86. The van der Waals surface area contributed by atoms with Gasteiger partial charge in [-0.1, -0.05) is 35.9 Å². The third-order valence-electron chi connectivity index (χ3n) is 3.85. The van der Waals surface area contributed by atoms with Crippen molar-refractivity contribution in [1.82, 2.24) is 0 Å². The Labute approximate surface area is 151 Å². The number of allylic oxidation sites excluding steroid dienone is 1. The Morgan fingerprint density at radius 1 is 1.16 bits per heavy atom. The Bertz CT molecular complexity index is 858. The highest BCUT2D eigenvalue weighted by atomic mass is 35.5. The van der Waals surface area contributed by atoms with Crippen LogP contribution in [0.25, 0.3) is 6.08 Å². The van der Waals surface area contributed by atoms with E-state index in [2.05, 4.69) is 0 Å². The number of thioether (sulfide) groups is 1. The number of aliphatic hydroxyl groups excluding tert-OH is 1. The molecule has 0 aliphatic heterocycles. The van der Waals surface area contributed by atoms with Gasteiger partial charge in [0.25, 0.3) is 0 Å². The summed E-state index contributed by atoms with van der Waals surface area (Å²) < 4.78 is 37.0. The van der Waals surface area contributed by atoms with Gasteiger partial charge >= 0.3 is 5.51 Å². The Morgan fingerprint density at radius 3 is 2.44 bits per heavy atom. The van der Waals surface area contributed by atoms with Crippen molar-refractivity contribution in [2.24, 2.45) is 0 Å². The van der Waals surface area contributed by atoms with Gasteiger partial charge in [-0.05, 0) is 46.7 Å². The van der Waals surface area contributed by atoms with Crippen LogP contribution in [0.1, 0.15) is 27.0 Å². The van der Waals surface area contributed by atoms with E-state index in [-0.39, 0.29) is 29.0 Å². The normalized spacial score (nSPS) is 15.7. The molecule has 2 nitrogen and oxygen atoms in total. The van der Waals surface area contributed by atoms with E-state index in [1.807, 2.05) is 0 Å². The van der Waals surface area contributed by atoms with E-state index in [0.29, 0.717) is 39.3 Å². The molecule has 130 valence electrons. The highest BCUT2D eigenvalue weighted by molar-refractivity contribution is 8.00. The summed E-state index contributed by atoms with van der Waals surface area (Å²) in [6, 6.07) is 9.07. The fraction of sp³-hybridized carbons (Fsp3) is 0.167. The van der Waals surface area contributed by atoms with Crippen LogP contribution < -0.4 is 0 Å². The van der Waals surface area contributed by atoms with Crippen molar-refractivity contribution in [2.45, 2.75) is 23.4 Å². The summed E-state index contributed by atoms with van der Waals surface area (Å²) >= 11 is 6.04. The second-order valence-electron chi connectivity index (χ2n) is 5.52. The Morgan fingerprint density at radius 2 is 1.84 bits per heavy atom. The summed E-state index contributed by atoms with van der Waals surface area (Å²) in [5, 5.41) is 9.64. The number of benzene rings is 2. The van der Waals surface area contributed by atoms with Crippen LogP contribution in [0, 0.1) is 0 Å². The number of Topliss-reactive ketones (excluding diaryl/α,β-unsaturated/α-hetero) is 1. The zero-order valence-corrected chi connectivity index (χ0v) is 14.3. The van der Waals surface area contributed by atoms with Crippen LogP contribution >= 0.6 is 23.4 Å². The Kier molecular flexibility index (Phi) is 4.95. The lowest BCUT2D eigenvalue weighted by Gasteiger charge is -2.05. The van der Waals surface area contributed by atoms with Crippen LogP contribution in [-0.4, -0.2) is 16.4 Å². The molecule has 0 atom stereocenters. The van der Waals surface area contributed by atoms with Gasteiger partial charge < -0.3 is 5.11 Å². The van der Waals surface area contributed by atoms with Crippen molar-refractivity contribution in [3.05, 3.63) is 69.2 Å². The molecule has 0 bridgehead atoms. The zero-order valence-electron chi connectivity index (χ0n) is 12.7. The number of fused-ring (bicyclic) bond motifs is 1. The molecule has 2 aromatic carbocycles. The average molecular weight is 385 g/mol. The van der Waals surface area contributed by atoms with Crippen molar-refractivity contribution >= 4 is 35.2 Å². The Hall–Kier alpha value is -1.76. The van der Waals surface area contributed by atoms with Gasteiger partial charge in [-0.25, -0.2) is 0 Å². The molecule has 0 heterocycles. The number of hydrogen-bond acceptors (Lipinski definition) is 3. The molecule has 3 rings (SSSR count). The first-order valence-corrected chi connectivity index (χ1v) is 8.50. The molecule has 1 N–H and O–H groups in total. The van der Waals surface area contributed by atoms with Crippen LogP contribution in [0.5, 0.6) is 0 Å². The van der Waals surface area contributed by atoms with Crippen molar-refractivity contribution in [3.8, 4) is 0 Å². The summed E-state index contributed by atoms with van der Waals surface area (Å²) in [4.78, 5) is 12.6. The quantitative estimate of drug-likeness (QED) is 0.579. The van der Waals surface area contributed by atoms with Crippen molar-refractivity contribution in [3.63, 3.8) is 0 Å². The number of aliphatic hydroxyl groups is 1. The lowest BCUT2D eigenvalue weighted by molar-refractivity contribution is -0.0328. The molecule has 0 unspecified atom stereocenters. The second kappa shape index (κ2) is 6.86. The summed E-state index contributed by atoms with van der Waals surface area (Å²) in [6.07, 6.45) is 1.99. The maximum atomic E-state index is 12.5. The minimum Gasteiger partial charge on any atom is -0.392 e. The van der Waals surface area contributed by atoms with E-state index in [9.17, 15) is 23.1 Å². The van der Waals surface area contributed by atoms with Gasteiger partial charge in [0.1, 0.15) is 0 Å². The van der Waals surface area contributed by atoms with Gasteiger partial charge in [0.05, 0.1) is 11.6 Å². The fourth-order valence-corrected chi connectivity index (χ4v) is 3.54. The number of carbonyl (C=O) groups is 1. The van der Waals surface area contributed by atoms with Crippen LogP contribution in [0.15, 0.2) is 46.9 Å². The summed E-state index contributed by atoms with van der Waals surface area (Å²) in [6.45, 7) is -0.211. The van der Waals surface area contributed by atoms with E-state index in [4.69, 9.17) is 11.6 Å². The smallest absolute Gasteiger partial charge is 0.392 e. The summed E-state index contributed by atoms with van der Waals surface area (Å²) in [5.41, 5.74) is -1.44. The maximum Gasteiger partial charge on any atom is 0.446 e. The molecular formula is C18H12ClF3O2S. The van der Waals surface area contributed by atoms with E-state index >= 15 is 0 Å². The van der Waals surface area contributed by atoms with Gasteiger partial charge in [-0.3, -0.25) is 4.79 Å². The highest BCUT2D eigenvalue weighted by Crippen LogP contribution is 2.37. The molecule has 1 aliphatic carbocycles. The third kappa shape index (κ3) is 3.92. The number of carbonyl (C=O) groups excluding carboxylic acids is 1. The maximum absolute atomic E-state index is 12.5. The standard InChI is InChI=1S/C18H12ClF3O2S/c19-16-11(9-23)3-6-14-15(16)8-12(17(14)24)7-10-1-4-13(5-2-10)25-18(20,21)22/h1-7,23H,8-9H2/b12-7+. The van der Waals surface area contributed by atoms with Crippen LogP contribution in [0.3, 0.4) is 0 Å². The lowest BCUT2D eigenvalue weighted by atomic mass is 10.1. The predicted octanol–water partition coefficient (Wildman–Crippen LogP) is 5.27. The van der Waals surface area contributed by atoms with Crippen molar-refractivity contribution in [2.75, 3.05) is 0 Å². The number of hydrogen-bond donors (Lipinski definition) is 1. The van der Waals surface area contributed by atoms with Gasteiger partial charge in [0.2, 0.25) is 0 Å². The Balaban J connectivity index is 1.86. The van der Waals surface area contributed by atoms with Crippen LogP contribution in [-0.2, 0) is 13.0 Å². The summed E-state index contributed by atoms with van der Waals surface area (Å²) in [7, 11) is 0. The second-order valence-corrected chi connectivity index (χ2v) is 7.03. The fourth-order valence-electron chi connectivity index (χ4n) is 2.70. The first-order chi connectivity index (χ1) is 11.8. The SMILES string of the molecule is O=C1/C(=C/c2ccc(SC(F)(F)F)cc2)Cc2c1ccc(CO)c2Cl. The molecule has 0 fully saturated rings. The highest BCUT2D eigenvalue weighted by Gasteiger charge is 2.29. The number of alkyl halides is 3. The molecule has 7 heteroatoms. The topological polar surface area (TPSA) is 37.3 Å². The third-order valence-corrected chi connectivity index (χ3v) is 5.06. The van der Waals surface area contributed by atoms with Crippen LogP contribution in [0.2, 0.25) is 5.02 Å². The zero-order chi connectivity index (χ0) is 18.2. The number of ketones is 1. The molecular weight excluding hydrogens is 373 g/mol. The number of halogens is 4. The van der Waals surface area contributed by atoms with Crippen molar-refractivity contribution < 1.29 is 23.1 Å². The van der Waals surface area contributed by atoms with Gasteiger partial charge in [0, 0.05) is 22.5 Å². The number of rotatable bonds is 3. The van der Waals surface area contributed by atoms with Crippen LogP contribution in [0.4, 0.5) is 13.2 Å². The molecule has 2 aromatic rings. The van der Waals surface area contributed by atoms with Gasteiger partial charge in [0.15, 0.2) is 5.78 Å². The lowest BCUT2D eigenvalue weighted by Crippen LogP contribution is -1.98. The van der Waals surface area contributed by atoms with Crippen molar-refractivity contribution in [1.29, 1.82) is 0 Å². The molecule has 1 aliphatic rings. The molecule has 0 saturated carbocycles. The molecule has 0 spiro atoms. The molecule has 0 radical (unpaired) electrons. The first kappa shape index (κ1) is 18.0. The van der Waals surface area contributed by atoms with E-state index in [1.165, 1.54) is 24.3 Å². The molecule has 0 aromatic heterocycles. The minimum atomic E-state index is -4.33. The molecule has 0 amide bonds. The van der Waals surface area contributed by atoms with Gasteiger partial charge in [-0.2, -0.15) is 13.2 Å². The monoisotopic (exact) mass is 384 g/mol. The minimum absolute atomic E-state index is 0.0892. The summed E-state index contributed by atoms with van der Waals surface area (Å²) in [5.74, 6) is -0.157. The van der Waals surface area contributed by atoms with E-state index < -0.39 is 5.51 Å².